The van der Waals surface area contributed by atoms with Gasteiger partial charge in [-0.25, -0.2) is 18.7 Å². The molecule has 0 spiro atoms. The van der Waals surface area contributed by atoms with Crippen molar-refractivity contribution in [2.75, 3.05) is 5.32 Å². The second-order valence-electron chi connectivity index (χ2n) is 7.95. The molecule has 10 heteroatoms. The first-order valence-corrected chi connectivity index (χ1v) is 11.7. The number of pyridine rings is 1. The van der Waals surface area contributed by atoms with E-state index < -0.39 is 21.8 Å². The molecule has 0 radical (unpaired) electrons. The summed E-state index contributed by atoms with van der Waals surface area (Å²) in [6.45, 7) is 0. The molecule has 1 aliphatic heterocycles. The number of carbonyl (C=O) groups is 1. The molecule has 3 N–H and O–H groups in total. The number of aromatic nitrogens is 2. The van der Waals surface area contributed by atoms with Crippen molar-refractivity contribution in [3.63, 3.8) is 0 Å². The molecular formula is C21H23FN6O2S. The van der Waals surface area contributed by atoms with E-state index in [-0.39, 0.29) is 28.0 Å². The van der Waals surface area contributed by atoms with Gasteiger partial charge in [-0.1, -0.05) is 31.4 Å². The van der Waals surface area contributed by atoms with Crippen LogP contribution < -0.4 is 10.0 Å². The number of aryl methyl sites for hydroxylation is 1. The summed E-state index contributed by atoms with van der Waals surface area (Å²) in [4.78, 5) is 16.7. The summed E-state index contributed by atoms with van der Waals surface area (Å²) < 4.78 is 39.9. The molecule has 4 rings (SSSR count). The lowest BCUT2D eigenvalue weighted by Crippen LogP contribution is -2.38. The van der Waals surface area contributed by atoms with E-state index >= 15 is 0 Å². The Labute approximate surface area is 180 Å². The first-order valence-electron chi connectivity index (χ1n) is 10.1. The highest BCUT2D eigenvalue weighted by Crippen LogP contribution is 2.32. The van der Waals surface area contributed by atoms with Crippen LogP contribution in [0.3, 0.4) is 0 Å². The molecule has 31 heavy (non-hydrogen) atoms. The summed E-state index contributed by atoms with van der Waals surface area (Å²) in [5.74, 6) is -1.14. The fourth-order valence-electron chi connectivity index (χ4n) is 4.35. The molecule has 162 valence electrons. The van der Waals surface area contributed by atoms with Gasteiger partial charge in [0, 0.05) is 36.6 Å². The van der Waals surface area contributed by atoms with E-state index in [0.29, 0.717) is 11.5 Å². The summed E-state index contributed by atoms with van der Waals surface area (Å²) in [6.07, 6.45) is 10.6. The highest BCUT2D eigenvalue weighted by Gasteiger charge is 2.31. The van der Waals surface area contributed by atoms with Crippen molar-refractivity contribution in [3.05, 3.63) is 47.3 Å². The van der Waals surface area contributed by atoms with Crippen LogP contribution in [0.5, 0.6) is 0 Å². The molecule has 8 nitrogen and oxygen atoms in total. The third kappa shape index (κ3) is 4.24. The fraction of sp³-hybridized carbons (Fsp3) is 0.381. The second kappa shape index (κ2) is 8.24. The predicted octanol–water partition coefficient (Wildman–Crippen LogP) is 3.57. The highest BCUT2D eigenvalue weighted by atomic mass is 32.2. The van der Waals surface area contributed by atoms with Crippen LogP contribution in [0.2, 0.25) is 0 Å². The Kier molecular flexibility index (Phi) is 5.64. The standard InChI is InChI=1S/C21H23FN6O2S/c1-28-12-18-16(7-8-17(27-31(18,24)30)13-5-3-2-4-6-13)20(28)21(29)26-14-9-15(11-23)25-19(22)10-14/h7-10,12-13,17H,2-6H2,1H3,(H2,24,27,30)(H,25,26,29). The number of amides is 1. The second-order valence-corrected chi connectivity index (χ2v) is 9.74. The van der Waals surface area contributed by atoms with Crippen molar-refractivity contribution in [2.45, 2.75) is 43.0 Å². The quantitative estimate of drug-likeness (QED) is 0.629. The number of nitrogens with one attached hydrogen (secondary N) is 3. The van der Waals surface area contributed by atoms with Crippen LogP contribution in [0.25, 0.3) is 6.08 Å². The molecule has 3 heterocycles. The summed E-state index contributed by atoms with van der Waals surface area (Å²) in [7, 11) is -1.70. The van der Waals surface area contributed by atoms with Crippen LogP contribution in [-0.4, -0.2) is 25.7 Å². The van der Waals surface area contributed by atoms with Gasteiger partial charge in [0.1, 0.15) is 27.4 Å². The van der Waals surface area contributed by atoms with Gasteiger partial charge >= 0.3 is 0 Å². The minimum atomic E-state index is -3.33. The lowest BCUT2D eigenvalue weighted by atomic mass is 9.84. The van der Waals surface area contributed by atoms with Crippen LogP contribution in [-0.2, 0) is 17.0 Å². The van der Waals surface area contributed by atoms with Crippen LogP contribution in [0.1, 0.15) is 53.8 Å². The maximum absolute atomic E-state index is 13.6. The van der Waals surface area contributed by atoms with Crippen molar-refractivity contribution in [2.24, 2.45) is 13.0 Å². The van der Waals surface area contributed by atoms with Gasteiger partial charge in [-0.3, -0.25) is 4.79 Å². The average Bonchev–Trinajstić information content (AvgIpc) is 3.02. The Hall–Kier alpha value is -3.03. The number of anilines is 1. The van der Waals surface area contributed by atoms with Gasteiger partial charge in [0.05, 0.1) is 4.90 Å². The lowest BCUT2D eigenvalue weighted by Gasteiger charge is -2.28. The van der Waals surface area contributed by atoms with E-state index in [2.05, 4.69) is 15.0 Å². The van der Waals surface area contributed by atoms with E-state index in [1.165, 1.54) is 23.3 Å². The zero-order valence-electron chi connectivity index (χ0n) is 17.0. The Morgan fingerprint density at radius 3 is 2.84 bits per heavy atom. The van der Waals surface area contributed by atoms with Gasteiger partial charge in [0.15, 0.2) is 0 Å². The first-order chi connectivity index (χ1) is 14.8. The van der Waals surface area contributed by atoms with Crippen LogP contribution in [0.4, 0.5) is 10.1 Å². The van der Waals surface area contributed by atoms with Gasteiger partial charge in [0.25, 0.3) is 5.91 Å². The van der Waals surface area contributed by atoms with E-state index in [0.717, 1.165) is 31.7 Å². The van der Waals surface area contributed by atoms with Crippen LogP contribution >= 0.6 is 0 Å². The lowest BCUT2D eigenvalue weighted by molar-refractivity contribution is 0.101. The van der Waals surface area contributed by atoms with E-state index in [1.54, 1.807) is 19.2 Å². The molecule has 1 amide bonds. The molecule has 0 aromatic carbocycles. The Morgan fingerprint density at radius 1 is 1.39 bits per heavy atom. The van der Waals surface area contributed by atoms with Crippen molar-refractivity contribution >= 4 is 27.6 Å². The third-order valence-corrected chi connectivity index (χ3v) is 7.35. The zero-order chi connectivity index (χ0) is 22.2. The molecule has 1 saturated carbocycles. The summed E-state index contributed by atoms with van der Waals surface area (Å²) in [5.41, 5.74) is 0.537. The normalized spacial score (nSPS) is 23.6. The van der Waals surface area contributed by atoms with E-state index in [1.807, 2.05) is 6.08 Å². The Morgan fingerprint density at radius 2 is 2.13 bits per heavy atom. The third-order valence-electron chi connectivity index (χ3n) is 5.81. The van der Waals surface area contributed by atoms with Crippen molar-refractivity contribution < 1.29 is 13.4 Å². The molecule has 2 aromatic rings. The van der Waals surface area contributed by atoms with Crippen molar-refractivity contribution in [1.82, 2.24) is 14.3 Å². The molecule has 2 unspecified atom stereocenters. The maximum Gasteiger partial charge on any atom is 0.272 e. The molecule has 1 fully saturated rings. The Bertz CT molecular complexity index is 1210. The molecule has 2 atom stereocenters. The topological polar surface area (TPSA) is 124 Å². The molecular weight excluding hydrogens is 419 g/mol. The number of nitrogens with zero attached hydrogens (tertiary/aromatic N) is 3. The van der Waals surface area contributed by atoms with Gasteiger partial charge in [-0.05, 0) is 24.8 Å². The minimum absolute atomic E-state index is 0.0893. The summed E-state index contributed by atoms with van der Waals surface area (Å²) in [5, 5.41) is 11.5. The molecule has 0 saturated heterocycles. The number of hydrogen-bond donors (Lipinski definition) is 3. The molecule has 0 bridgehead atoms. The zero-order valence-corrected chi connectivity index (χ0v) is 17.8. The number of hydrogen-bond acceptors (Lipinski definition) is 5. The van der Waals surface area contributed by atoms with Gasteiger partial charge < -0.3 is 9.88 Å². The monoisotopic (exact) mass is 442 g/mol. The van der Waals surface area contributed by atoms with Gasteiger partial charge in [-0.2, -0.15) is 9.65 Å². The summed E-state index contributed by atoms with van der Waals surface area (Å²) >= 11 is 0. The van der Waals surface area contributed by atoms with Crippen molar-refractivity contribution in [1.29, 1.82) is 10.0 Å². The molecule has 1 aliphatic carbocycles. The van der Waals surface area contributed by atoms with Crippen molar-refractivity contribution in [3.8, 4) is 6.07 Å². The predicted molar refractivity (Wildman–Crippen MR) is 114 cm³/mol. The number of carbonyl (C=O) groups excluding carboxylic acids is 1. The number of fused-ring (bicyclic) bond motifs is 1. The SMILES string of the molecule is Cn1cc2c(c1C(=O)Nc1cc(F)nc(C#N)c1)C=CC(C1CCCCC1)NS2(=N)=O. The number of nitriles is 1. The maximum atomic E-state index is 13.6. The fourth-order valence-corrected chi connectivity index (χ4v) is 5.91. The molecule has 2 aliphatic rings. The minimum Gasteiger partial charge on any atom is -0.345 e. The smallest absolute Gasteiger partial charge is 0.272 e. The van der Waals surface area contributed by atoms with E-state index in [9.17, 15) is 13.4 Å². The summed E-state index contributed by atoms with van der Waals surface area (Å²) in [6, 6.07) is 3.83. The Balaban J connectivity index is 1.69. The largest absolute Gasteiger partial charge is 0.345 e. The first kappa shape index (κ1) is 21.2. The van der Waals surface area contributed by atoms with Gasteiger partial charge in [-0.15, -0.1) is 0 Å². The average molecular weight is 443 g/mol. The highest BCUT2D eigenvalue weighted by molar-refractivity contribution is 7.90. The van der Waals surface area contributed by atoms with Crippen LogP contribution in [0.15, 0.2) is 29.3 Å². The molecule has 2 aromatic heterocycles. The van der Waals surface area contributed by atoms with Crippen LogP contribution in [0, 0.1) is 28.0 Å². The number of halogens is 1. The number of rotatable bonds is 3. The van der Waals surface area contributed by atoms with E-state index in [4.69, 9.17) is 10.0 Å². The van der Waals surface area contributed by atoms with Gasteiger partial charge in [0.2, 0.25) is 5.95 Å².